The largest absolute Gasteiger partial charge is 0.339 e. The van der Waals surface area contributed by atoms with E-state index >= 15 is 0 Å². The third kappa shape index (κ3) is 3.26. The second-order valence-electron chi connectivity index (χ2n) is 3.64. The Bertz CT molecular complexity index is 306. The number of nitrogens with one attached hydrogen (secondary N) is 1. The summed E-state index contributed by atoms with van der Waals surface area (Å²) in [5.74, 6) is -0.231. The number of Topliss-reactive ketones (excluding diaryl/α,β-unsaturated/α-hetero) is 1. The normalized spacial score (nSPS) is 10.6. The molecule has 1 aromatic rings. The van der Waals surface area contributed by atoms with Crippen LogP contribution in [0.15, 0.2) is 24.3 Å². The van der Waals surface area contributed by atoms with Gasteiger partial charge >= 0.3 is 0 Å². The van der Waals surface area contributed by atoms with E-state index in [9.17, 15) is 9.18 Å². The maximum absolute atomic E-state index is 12.5. The highest BCUT2D eigenvalue weighted by molar-refractivity contribution is 5.96. The van der Waals surface area contributed by atoms with Gasteiger partial charge in [-0.1, -0.05) is 0 Å². The van der Waals surface area contributed by atoms with Crippen LogP contribution >= 0.6 is 0 Å². The molecule has 0 aliphatic carbocycles. The molecule has 14 heavy (non-hydrogen) atoms. The van der Waals surface area contributed by atoms with Crippen LogP contribution in [-0.4, -0.2) is 26.4 Å². The first-order chi connectivity index (χ1) is 6.59. The van der Waals surface area contributed by atoms with E-state index in [0.717, 1.165) is 6.54 Å². The molecule has 0 aliphatic heterocycles. The molecule has 0 heterocycles. The Labute approximate surface area is 83.3 Å². The summed E-state index contributed by atoms with van der Waals surface area (Å²) in [6.07, 6.45) is 0.508. The van der Waals surface area contributed by atoms with Crippen molar-refractivity contribution in [2.75, 3.05) is 20.6 Å². The smallest absolute Gasteiger partial charge is 0.168 e. The highest BCUT2D eigenvalue weighted by atomic mass is 19.1. The molecule has 0 atom stereocenters. The molecule has 1 rings (SSSR count). The Morgan fingerprint density at radius 1 is 1.29 bits per heavy atom. The summed E-state index contributed by atoms with van der Waals surface area (Å²) in [5.41, 5.74) is 0.590. The zero-order valence-corrected chi connectivity index (χ0v) is 8.51. The molecule has 76 valence electrons. The number of carbonyl (C=O) groups is 1. The molecule has 0 aliphatic rings. The Hall–Kier alpha value is -1.22. The Morgan fingerprint density at radius 2 is 1.86 bits per heavy atom. The molecule has 0 saturated carbocycles. The van der Waals surface area contributed by atoms with Crippen molar-refractivity contribution in [3.8, 4) is 0 Å². The minimum absolute atomic E-state index is 0.0752. The van der Waals surface area contributed by atoms with Crippen molar-refractivity contribution in [3.63, 3.8) is 0 Å². The van der Waals surface area contributed by atoms with Gasteiger partial charge in [-0.3, -0.25) is 4.79 Å². The second-order valence-corrected chi connectivity index (χ2v) is 3.64. The van der Waals surface area contributed by atoms with Crippen molar-refractivity contribution < 1.29 is 14.1 Å². The van der Waals surface area contributed by atoms with Gasteiger partial charge in [-0.15, -0.1) is 0 Å². The van der Waals surface area contributed by atoms with Crippen molar-refractivity contribution in [1.29, 1.82) is 0 Å². The summed E-state index contributed by atoms with van der Waals surface area (Å²) in [5, 5.41) is 0. The van der Waals surface area contributed by atoms with Crippen molar-refractivity contribution in [1.82, 2.24) is 0 Å². The van der Waals surface area contributed by atoms with Gasteiger partial charge in [0.25, 0.3) is 0 Å². The highest BCUT2D eigenvalue weighted by Crippen LogP contribution is 2.04. The number of ketones is 1. The Morgan fingerprint density at radius 3 is 2.36 bits per heavy atom. The number of carbonyl (C=O) groups excluding carboxylic acids is 1. The van der Waals surface area contributed by atoms with Gasteiger partial charge < -0.3 is 4.90 Å². The third-order valence-corrected chi connectivity index (χ3v) is 2.02. The number of halogens is 1. The first-order valence-corrected chi connectivity index (χ1v) is 4.67. The van der Waals surface area contributed by atoms with E-state index in [1.165, 1.54) is 29.2 Å². The van der Waals surface area contributed by atoms with E-state index in [4.69, 9.17) is 0 Å². The molecule has 0 bridgehead atoms. The first-order valence-electron chi connectivity index (χ1n) is 4.67. The fraction of sp³-hybridized carbons (Fsp3) is 0.364. The number of rotatable bonds is 4. The predicted octanol–water partition coefficient (Wildman–Crippen LogP) is 0.543. The fourth-order valence-corrected chi connectivity index (χ4v) is 1.14. The first kappa shape index (κ1) is 10.9. The van der Waals surface area contributed by atoms with Crippen LogP contribution < -0.4 is 4.90 Å². The maximum atomic E-state index is 12.5. The Balaban J connectivity index is 2.57. The van der Waals surface area contributed by atoms with Crippen LogP contribution in [0.1, 0.15) is 16.8 Å². The second kappa shape index (κ2) is 4.86. The average Bonchev–Trinajstić information content (AvgIpc) is 2.15. The summed E-state index contributed by atoms with van der Waals surface area (Å²) in [7, 11) is 4.00. The molecule has 0 radical (unpaired) electrons. The molecule has 3 heteroatoms. The van der Waals surface area contributed by atoms with Gasteiger partial charge in [-0.25, -0.2) is 4.39 Å². The molecular formula is C11H15FNO+. The van der Waals surface area contributed by atoms with Crippen LogP contribution in [-0.2, 0) is 0 Å². The lowest BCUT2D eigenvalue weighted by molar-refractivity contribution is -0.857. The van der Waals surface area contributed by atoms with Crippen molar-refractivity contribution in [2.45, 2.75) is 6.42 Å². The minimum atomic E-state index is -0.306. The number of quaternary nitrogens is 1. The van der Waals surface area contributed by atoms with E-state index in [0.29, 0.717) is 12.0 Å². The van der Waals surface area contributed by atoms with Crippen molar-refractivity contribution >= 4 is 5.78 Å². The van der Waals surface area contributed by atoms with E-state index in [2.05, 4.69) is 0 Å². The van der Waals surface area contributed by atoms with Crippen LogP contribution in [0.4, 0.5) is 4.39 Å². The maximum Gasteiger partial charge on any atom is 0.168 e. The summed E-state index contributed by atoms with van der Waals surface area (Å²) in [4.78, 5) is 12.8. The molecule has 0 unspecified atom stereocenters. The summed E-state index contributed by atoms with van der Waals surface area (Å²) in [6.45, 7) is 0.802. The lowest BCUT2D eigenvalue weighted by Crippen LogP contribution is -3.05. The van der Waals surface area contributed by atoms with Gasteiger partial charge in [-0.05, 0) is 24.3 Å². The van der Waals surface area contributed by atoms with E-state index in [1.807, 2.05) is 14.1 Å². The van der Waals surface area contributed by atoms with Crippen LogP contribution in [0.25, 0.3) is 0 Å². The number of hydrogen-bond acceptors (Lipinski definition) is 1. The van der Waals surface area contributed by atoms with Crippen LogP contribution in [0.2, 0.25) is 0 Å². The molecule has 0 amide bonds. The average molecular weight is 196 g/mol. The van der Waals surface area contributed by atoms with Gasteiger partial charge in [0.15, 0.2) is 5.78 Å². The lowest BCUT2D eigenvalue weighted by atomic mass is 10.1. The third-order valence-electron chi connectivity index (χ3n) is 2.02. The molecule has 0 aromatic heterocycles. The molecule has 0 fully saturated rings. The van der Waals surface area contributed by atoms with E-state index < -0.39 is 0 Å². The minimum Gasteiger partial charge on any atom is -0.339 e. The van der Waals surface area contributed by atoms with Gasteiger partial charge in [0.05, 0.1) is 27.1 Å². The molecule has 2 nitrogen and oxygen atoms in total. The quantitative estimate of drug-likeness (QED) is 0.697. The number of hydrogen-bond donors (Lipinski definition) is 1. The number of benzene rings is 1. The van der Waals surface area contributed by atoms with Crippen LogP contribution in [0.3, 0.4) is 0 Å². The summed E-state index contributed by atoms with van der Waals surface area (Å²) < 4.78 is 12.5. The van der Waals surface area contributed by atoms with Crippen molar-refractivity contribution in [2.24, 2.45) is 0 Å². The summed E-state index contributed by atoms with van der Waals surface area (Å²) >= 11 is 0. The van der Waals surface area contributed by atoms with Gasteiger partial charge in [0.1, 0.15) is 5.82 Å². The van der Waals surface area contributed by atoms with E-state index in [1.54, 1.807) is 0 Å². The topological polar surface area (TPSA) is 21.5 Å². The SMILES string of the molecule is C[NH+](C)CCC(=O)c1ccc(F)cc1. The van der Waals surface area contributed by atoms with E-state index in [-0.39, 0.29) is 11.6 Å². The zero-order valence-electron chi connectivity index (χ0n) is 8.51. The molecule has 1 N–H and O–H groups in total. The van der Waals surface area contributed by atoms with Crippen LogP contribution in [0, 0.1) is 5.82 Å². The summed E-state index contributed by atoms with van der Waals surface area (Å²) in [6, 6.07) is 5.69. The zero-order chi connectivity index (χ0) is 10.6. The molecule has 0 spiro atoms. The monoisotopic (exact) mass is 196 g/mol. The molecule has 0 saturated heterocycles. The standard InChI is InChI=1S/C11H14FNO/c1-13(2)8-7-11(14)9-3-5-10(12)6-4-9/h3-6H,7-8H2,1-2H3/p+1. The lowest BCUT2D eigenvalue weighted by Gasteiger charge is -2.05. The van der Waals surface area contributed by atoms with Gasteiger partial charge in [0, 0.05) is 5.56 Å². The fourth-order valence-electron chi connectivity index (χ4n) is 1.14. The van der Waals surface area contributed by atoms with Gasteiger partial charge in [0.2, 0.25) is 0 Å². The molecule has 1 aromatic carbocycles. The van der Waals surface area contributed by atoms with Gasteiger partial charge in [-0.2, -0.15) is 0 Å². The Kier molecular flexibility index (Phi) is 3.77. The predicted molar refractivity (Wildman–Crippen MR) is 53.0 cm³/mol. The van der Waals surface area contributed by atoms with Crippen LogP contribution in [0.5, 0.6) is 0 Å². The van der Waals surface area contributed by atoms with Crippen molar-refractivity contribution in [3.05, 3.63) is 35.6 Å². The molecular weight excluding hydrogens is 181 g/mol. The highest BCUT2D eigenvalue weighted by Gasteiger charge is 2.07.